The van der Waals surface area contributed by atoms with E-state index in [1.807, 2.05) is 0 Å². The van der Waals surface area contributed by atoms with E-state index in [0.29, 0.717) is 0 Å². The number of unbranched alkanes of at least 4 members (excludes halogenated alkanes) is 2. The van der Waals surface area contributed by atoms with Crippen molar-refractivity contribution >= 4 is 0 Å². The molecule has 0 unspecified atom stereocenters. The van der Waals surface area contributed by atoms with Crippen LogP contribution < -0.4 is 4.74 Å². The number of para-hydroxylation sites is 1. The van der Waals surface area contributed by atoms with Gasteiger partial charge < -0.3 is 9.22 Å². The number of aryl methyl sites for hydroxylation is 2. The molecule has 2 aromatic rings. The lowest BCUT2D eigenvalue weighted by atomic mass is 10.0. The summed E-state index contributed by atoms with van der Waals surface area (Å²) in [7, 11) is 0. The lowest BCUT2D eigenvalue weighted by Gasteiger charge is -2.40. The second kappa shape index (κ2) is 11.4. The summed E-state index contributed by atoms with van der Waals surface area (Å²) in [6.45, 7) is 10.4. The monoisotopic (exact) mass is 394 g/mol. The van der Waals surface area contributed by atoms with Gasteiger partial charge in [0.15, 0.2) is 0 Å². The first-order valence-corrected chi connectivity index (χ1v) is 11.8. The molecule has 1 aliphatic heterocycles. The van der Waals surface area contributed by atoms with Crippen LogP contribution >= 0.6 is 0 Å². The zero-order chi connectivity index (χ0) is 20.4. The molecule has 158 valence electrons. The van der Waals surface area contributed by atoms with Crippen molar-refractivity contribution in [3.63, 3.8) is 0 Å². The molecule has 29 heavy (non-hydrogen) atoms. The number of ether oxygens (including phenoxy) is 1. The molecule has 2 aromatic carbocycles. The molecule has 0 aliphatic carbocycles. The normalized spacial score (nSPS) is 16.8. The van der Waals surface area contributed by atoms with E-state index in [2.05, 4.69) is 62.4 Å². The van der Waals surface area contributed by atoms with Crippen molar-refractivity contribution in [1.82, 2.24) is 0 Å². The molecule has 1 fully saturated rings. The summed E-state index contributed by atoms with van der Waals surface area (Å²) in [6, 6.07) is 17.5. The fraction of sp³-hybridized carbons (Fsp3) is 0.556. The van der Waals surface area contributed by atoms with Crippen molar-refractivity contribution in [2.45, 2.75) is 71.8 Å². The predicted molar refractivity (Wildman–Crippen MR) is 123 cm³/mol. The van der Waals surface area contributed by atoms with Crippen molar-refractivity contribution in [3.8, 4) is 5.75 Å². The predicted octanol–water partition coefficient (Wildman–Crippen LogP) is 6.83. The first kappa shape index (κ1) is 21.9. The fourth-order valence-corrected chi connectivity index (χ4v) is 4.90. The maximum Gasteiger partial charge on any atom is 0.125 e. The Balaban J connectivity index is 1.49. The van der Waals surface area contributed by atoms with Crippen molar-refractivity contribution in [1.29, 1.82) is 0 Å². The first-order valence-electron chi connectivity index (χ1n) is 11.8. The van der Waals surface area contributed by atoms with Crippen LogP contribution in [0.25, 0.3) is 0 Å². The van der Waals surface area contributed by atoms with Gasteiger partial charge in [0.1, 0.15) is 12.3 Å². The van der Waals surface area contributed by atoms with Crippen LogP contribution in [0.3, 0.4) is 0 Å². The Labute approximate surface area is 178 Å². The standard InChI is InChI=1S/C27H40NO/c1-24-15-14-16-25(2)27(24)29-22-13-7-12-21-28(19-10-4-3-5-11-20-28)23-26-17-8-6-9-18-26/h6,8-9,14-18H,3-5,7,10-13,19-23H2,1-2H3/q+1. The van der Waals surface area contributed by atoms with Gasteiger partial charge in [0.05, 0.1) is 26.2 Å². The summed E-state index contributed by atoms with van der Waals surface area (Å²) in [5.74, 6) is 1.09. The molecule has 1 aliphatic rings. The number of quaternary nitrogens is 1. The average molecular weight is 395 g/mol. The van der Waals surface area contributed by atoms with Gasteiger partial charge in [0, 0.05) is 5.56 Å². The van der Waals surface area contributed by atoms with Crippen LogP contribution in [-0.2, 0) is 6.54 Å². The number of hydrogen-bond donors (Lipinski definition) is 0. The number of nitrogens with zero attached hydrogens (tertiary/aromatic N) is 1. The Morgan fingerprint density at radius 2 is 1.38 bits per heavy atom. The highest BCUT2D eigenvalue weighted by molar-refractivity contribution is 5.39. The van der Waals surface area contributed by atoms with Crippen LogP contribution in [0.4, 0.5) is 0 Å². The smallest absolute Gasteiger partial charge is 0.125 e. The highest BCUT2D eigenvalue weighted by atomic mass is 16.5. The molecule has 0 aromatic heterocycles. The Morgan fingerprint density at radius 1 is 0.724 bits per heavy atom. The number of rotatable bonds is 9. The lowest BCUT2D eigenvalue weighted by Crippen LogP contribution is -2.49. The van der Waals surface area contributed by atoms with E-state index >= 15 is 0 Å². The third-order valence-corrected chi connectivity index (χ3v) is 6.56. The van der Waals surface area contributed by atoms with Crippen LogP contribution in [0.2, 0.25) is 0 Å². The summed E-state index contributed by atoms with van der Waals surface area (Å²) in [6.07, 6.45) is 10.8. The van der Waals surface area contributed by atoms with Crippen LogP contribution in [0, 0.1) is 13.8 Å². The summed E-state index contributed by atoms with van der Waals surface area (Å²) in [5.41, 5.74) is 4.00. The molecule has 0 bridgehead atoms. The van der Waals surface area contributed by atoms with Crippen LogP contribution in [-0.4, -0.2) is 30.7 Å². The van der Waals surface area contributed by atoms with E-state index in [-0.39, 0.29) is 0 Å². The number of likely N-dealkylation sites (tertiary alicyclic amines) is 1. The van der Waals surface area contributed by atoms with Gasteiger partial charge in [-0.3, -0.25) is 0 Å². The molecule has 3 rings (SSSR count). The van der Waals surface area contributed by atoms with E-state index in [9.17, 15) is 0 Å². The van der Waals surface area contributed by atoms with Gasteiger partial charge in [0.25, 0.3) is 0 Å². The third-order valence-electron chi connectivity index (χ3n) is 6.56. The van der Waals surface area contributed by atoms with Gasteiger partial charge in [-0.25, -0.2) is 0 Å². The summed E-state index contributed by atoms with van der Waals surface area (Å²) in [4.78, 5) is 0. The van der Waals surface area contributed by atoms with Crippen LogP contribution in [0.5, 0.6) is 5.75 Å². The van der Waals surface area contributed by atoms with Crippen molar-refractivity contribution in [3.05, 3.63) is 65.2 Å². The van der Waals surface area contributed by atoms with Crippen LogP contribution in [0.15, 0.2) is 48.5 Å². The van der Waals surface area contributed by atoms with Gasteiger partial charge in [-0.05, 0) is 69.9 Å². The molecule has 0 radical (unpaired) electrons. The van der Waals surface area contributed by atoms with Crippen LogP contribution in [0.1, 0.15) is 68.1 Å². The molecule has 2 heteroatoms. The molecular weight excluding hydrogens is 354 g/mol. The van der Waals surface area contributed by atoms with Crippen molar-refractivity contribution < 1.29 is 9.22 Å². The van der Waals surface area contributed by atoms with Crippen molar-refractivity contribution in [2.75, 3.05) is 26.2 Å². The average Bonchev–Trinajstić information content (AvgIpc) is 2.70. The zero-order valence-electron chi connectivity index (χ0n) is 18.7. The highest BCUT2D eigenvalue weighted by Gasteiger charge is 2.27. The van der Waals surface area contributed by atoms with E-state index in [0.717, 1.165) is 18.8 Å². The first-order chi connectivity index (χ1) is 14.2. The van der Waals surface area contributed by atoms with E-state index in [4.69, 9.17) is 4.74 Å². The van der Waals surface area contributed by atoms with Gasteiger partial charge >= 0.3 is 0 Å². The SMILES string of the molecule is Cc1cccc(C)c1OCCCCC[N+]1(Cc2ccccc2)CCCCCCC1. The second-order valence-electron chi connectivity index (χ2n) is 9.05. The van der Waals surface area contributed by atoms with Gasteiger partial charge in [-0.1, -0.05) is 55.0 Å². The second-order valence-corrected chi connectivity index (χ2v) is 9.05. The number of benzene rings is 2. The Kier molecular flexibility index (Phi) is 8.61. The van der Waals surface area contributed by atoms with Gasteiger partial charge in [-0.15, -0.1) is 0 Å². The fourth-order valence-electron chi connectivity index (χ4n) is 4.90. The molecule has 0 N–H and O–H groups in total. The number of hydrogen-bond acceptors (Lipinski definition) is 1. The van der Waals surface area contributed by atoms with Crippen molar-refractivity contribution in [2.24, 2.45) is 0 Å². The van der Waals surface area contributed by atoms with E-state index < -0.39 is 0 Å². The highest BCUT2D eigenvalue weighted by Crippen LogP contribution is 2.24. The minimum atomic E-state index is 0.838. The largest absolute Gasteiger partial charge is 0.493 e. The van der Waals surface area contributed by atoms with E-state index in [1.54, 1.807) is 0 Å². The Hall–Kier alpha value is -1.80. The molecule has 0 atom stereocenters. The summed E-state index contributed by atoms with van der Waals surface area (Å²) >= 11 is 0. The molecule has 0 amide bonds. The Bertz CT molecular complexity index is 696. The topological polar surface area (TPSA) is 9.23 Å². The summed E-state index contributed by atoms with van der Waals surface area (Å²) < 4.78 is 7.41. The molecular formula is C27H40NO+. The minimum absolute atomic E-state index is 0.838. The minimum Gasteiger partial charge on any atom is -0.493 e. The lowest BCUT2D eigenvalue weighted by molar-refractivity contribution is -0.942. The maximum atomic E-state index is 6.11. The third kappa shape index (κ3) is 6.89. The molecule has 1 heterocycles. The van der Waals surface area contributed by atoms with E-state index in [1.165, 1.54) is 92.3 Å². The molecule has 0 spiro atoms. The van der Waals surface area contributed by atoms with Gasteiger partial charge in [0.2, 0.25) is 0 Å². The zero-order valence-corrected chi connectivity index (χ0v) is 18.7. The molecule has 1 saturated heterocycles. The Morgan fingerprint density at radius 3 is 2.07 bits per heavy atom. The molecule has 2 nitrogen and oxygen atoms in total. The molecule has 0 saturated carbocycles. The maximum absolute atomic E-state index is 6.11. The summed E-state index contributed by atoms with van der Waals surface area (Å²) in [5, 5.41) is 0. The van der Waals surface area contributed by atoms with Gasteiger partial charge in [-0.2, -0.15) is 0 Å². The quantitative estimate of drug-likeness (QED) is 0.334.